The number of pyridine rings is 2. The van der Waals surface area contributed by atoms with E-state index < -0.39 is 23.7 Å². The highest BCUT2D eigenvalue weighted by Gasteiger charge is 2.31. The topological polar surface area (TPSA) is 171 Å². The van der Waals surface area contributed by atoms with Gasteiger partial charge in [0.05, 0.1) is 45.0 Å². The van der Waals surface area contributed by atoms with Crippen LogP contribution in [0.15, 0.2) is 85.7 Å². The van der Waals surface area contributed by atoms with Crippen molar-refractivity contribution in [3.63, 3.8) is 0 Å². The number of hydrogen-bond acceptors (Lipinski definition) is 12. The lowest BCUT2D eigenvalue weighted by atomic mass is 9.96. The number of halogens is 2. The Morgan fingerprint density at radius 3 is 1.81 bits per heavy atom. The largest absolute Gasteiger partial charge is 0.384 e. The summed E-state index contributed by atoms with van der Waals surface area (Å²) < 4.78 is 31.8. The lowest BCUT2D eigenvalue weighted by molar-refractivity contribution is 0.0742. The summed E-state index contributed by atoms with van der Waals surface area (Å²) in [5.74, 6) is 11.6. The fourth-order valence-electron chi connectivity index (χ4n) is 8.88. The van der Waals surface area contributed by atoms with Crippen molar-refractivity contribution in [3.8, 4) is 46.2 Å². The van der Waals surface area contributed by atoms with Crippen LogP contribution < -0.4 is 16.4 Å². The van der Waals surface area contributed by atoms with Gasteiger partial charge in [-0.05, 0) is 120 Å². The Morgan fingerprint density at radius 2 is 1.30 bits per heavy atom. The van der Waals surface area contributed by atoms with E-state index in [9.17, 15) is 9.59 Å². The van der Waals surface area contributed by atoms with Crippen molar-refractivity contribution in [1.29, 1.82) is 0 Å². The molecule has 0 radical (unpaired) electrons. The zero-order valence-electron chi connectivity index (χ0n) is 40.1. The molecule has 2 fully saturated rings. The lowest BCUT2D eigenvalue weighted by Gasteiger charge is -2.31. The maximum atomic E-state index is 16.0. The first-order chi connectivity index (χ1) is 33.9. The summed E-state index contributed by atoms with van der Waals surface area (Å²) >= 11 is 0. The van der Waals surface area contributed by atoms with E-state index >= 15 is 8.78 Å². The number of benzene rings is 2. The molecule has 2 aliphatic heterocycles. The van der Waals surface area contributed by atoms with Gasteiger partial charge in [-0.1, -0.05) is 49.7 Å². The molecular formula is C54H56F2N12O2. The second-order valence-corrected chi connectivity index (χ2v) is 17.9. The maximum Gasteiger partial charge on any atom is 0.256 e. The van der Waals surface area contributed by atoms with Crippen LogP contribution in [0.2, 0.25) is 0 Å². The number of rotatable bonds is 12. The Bertz CT molecular complexity index is 2990. The zero-order chi connectivity index (χ0) is 49.3. The monoisotopic (exact) mass is 942 g/mol. The average molecular weight is 943 g/mol. The zero-order valence-corrected chi connectivity index (χ0v) is 40.1. The van der Waals surface area contributed by atoms with Gasteiger partial charge >= 0.3 is 0 Å². The third-order valence-corrected chi connectivity index (χ3v) is 12.9. The van der Waals surface area contributed by atoms with Crippen molar-refractivity contribution < 1.29 is 18.4 Å². The second kappa shape index (κ2) is 22.2. The average Bonchev–Trinajstić information content (AvgIpc) is 3.81. The smallest absolute Gasteiger partial charge is 0.256 e. The normalized spacial score (nSPS) is 15.6. The van der Waals surface area contributed by atoms with Gasteiger partial charge in [-0.3, -0.25) is 9.59 Å². The highest BCUT2D eigenvalue weighted by molar-refractivity contribution is 5.96. The number of nitrogens with one attached hydrogen (secondary N) is 2. The van der Waals surface area contributed by atoms with Gasteiger partial charge in [0.1, 0.15) is 42.1 Å². The third-order valence-electron chi connectivity index (χ3n) is 12.9. The summed E-state index contributed by atoms with van der Waals surface area (Å²) in [7, 11) is 5.84. The minimum absolute atomic E-state index is 0.00519. The molecule has 6 heterocycles. The molecule has 2 amide bonds. The Kier molecular flexibility index (Phi) is 15.5. The number of likely N-dealkylation sites (tertiary alicyclic amines) is 2. The van der Waals surface area contributed by atoms with Gasteiger partial charge in [-0.15, -0.1) is 0 Å². The van der Waals surface area contributed by atoms with Crippen LogP contribution in [-0.2, 0) is 12.8 Å². The molecule has 14 nitrogen and oxygen atoms in total. The van der Waals surface area contributed by atoms with Gasteiger partial charge < -0.3 is 31.1 Å². The van der Waals surface area contributed by atoms with Gasteiger partial charge in [0.25, 0.3) is 11.8 Å². The van der Waals surface area contributed by atoms with Crippen molar-refractivity contribution in [1.82, 2.24) is 49.9 Å². The molecule has 70 heavy (non-hydrogen) atoms. The molecule has 358 valence electrons. The number of nitrogens with zero attached hydrogens (tertiary/aromatic N) is 9. The molecule has 0 bridgehead atoms. The van der Waals surface area contributed by atoms with Crippen LogP contribution >= 0.6 is 0 Å². The van der Waals surface area contributed by atoms with E-state index in [1.54, 1.807) is 60.7 Å². The van der Waals surface area contributed by atoms with Crippen LogP contribution in [0.4, 0.5) is 20.4 Å². The van der Waals surface area contributed by atoms with Crippen LogP contribution in [0.25, 0.3) is 22.5 Å². The molecule has 0 spiro atoms. The quantitative estimate of drug-likeness (QED) is 0.0877. The number of anilines is 2. The van der Waals surface area contributed by atoms with E-state index in [1.165, 1.54) is 36.9 Å². The Balaban J connectivity index is 0.974. The summed E-state index contributed by atoms with van der Waals surface area (Å²) in [6.45, 7) is 7.99. The van der Waals surface area contributed by atoms with E-state index in [1.807, 2.05) is 20.9 Å². The summed E-state index contributed by atoms with van der Waals surface area (Å²) in [4.78, 5) is 59.9. The highest BCUT2D eigenvalue weighted by Crippen LogP contribution is 2.28. The second-order valence-electron chi connectivity index (χ2n) is 17.9. The van der Waals surface area contributed by atoms with Gasteiger partial charge in [-0.25, -0.2) is 38.7 Å². The van der Waals surface area contributed by atoms with Crippen LogP contribution in [0.5, 0.6) is 0 Å². The minimum Gasteiger partial charge on any atom is -0.384 e. The van der Waals surface area contributed by atoms with Crippen LogP contribution in [0.3, 0.4) is 0 Å². The number of aromatic nitrogens is 6. The van der Waals surface area contributed by atoms with E-state index in [-0.39, 0.29) is 23.0 Å². The van der Waals surface area contributed by atoms with Gasteiger partial charge in [0, 0.05) is 60.7 Å². The highest BCUT2D eigenvalue weighted by atomic mass is 19.1. The predicted octanol–water partition coefficient (Wildman–Crippen LogP) is 6.71. The number of aryl methyl sites for hydroxylation is 2. The standard InChI is InChI=1S/C54H56F2N12O2/c1-6-46-42(14-8-34-10-18-48(57)58-28-34)50(62-32-60-46)37-12-16-40(44(55)26-37)53(69)65-52(39-22-25-67(4)31-39)64-49-19-11-35(29-59-49)9-15-43-47(7-2)61-33-63-51(43)38-13-17-41(45(56)27-38)54(70)68(5)30-36-20-23-66(3)24-21-36/h10-13,16-19,26-29,32-33,36,39,52H,6-7,20-25,30-31H2,1-5H3,(H2,57,58)(H,59,64)(H,65,69). The summed E-state index contributed by atoms with van der Waals surface area (Å²) in [5, 5.41) is 6.42. The third kappa shape index (κ3) is 11.6. The fraction of sp³-hybridized carbons (Fsp3) is 0.333. The van der Waals surface area contributed by atoms with Gasteiger partial charge in [0.2, 0.25) is 0 Å². The minimum atomic E-state index is -0.714. The van der Waals surface area contributed by atoms with Crippen molar-refractivity contribution >= 4 is 23.5 Å². The molecule has 2 aromatic carbocycles. The number of carbonyl (C=O) groups is 2. The molecular weight excluding hydrogens is 887 g/mol. The van der Waals surface area contributed by atoms with Crippen molar-refractivity contribution in [2.75, 3.05) is 64.9 Å². The predicted molar refractivity (Wildman–Crippen MR) is 266 cm³/mol. The number of amides is 2. The molecule has 4 aromatic heterocycles. The molecule has 16 heteroatoms. The molecule has 2 saturated heterocycles. The van der Waals surface area contributed by atoms with E-state index in [4.69, 9.17) is 5.73 Å². The molecule has 2 aliphatic rings. The first-order valence-electron chi connectivity index (χ1n) is 23.6. The lowest BCUT2D eigenvalue weighted by Crippen LogP contribution is -2.47. The van der Waals surface area contributed by atoms with E-state index in [0.717, 1.165) is 38.9 Å². The van der Waals surface area contributed by atoms with Crippen LogP contribution in [0.1, 0.15) is 87.5 Å². The van der Waals surface area contributed by atoms with Crippen LogP contribution in [-0.4, -0.2) is 116 Å². The summed E-state index contributed by atoms with van der Waals surface area (Å²) in [6.07, 6.45) is 9.40. The molecule has 2 unspecified atom stereocenters. The number of carbonyl (C=O) groups excluding carboxylic acids is 2. The molecule has 4 N–H and O–H groups in total. The first kappa shape index (κ1) is 48.8. The maximum absolute atomic E-state index is 16.0. The number of piperidine rings is 1. The van der Waals surface area contributed by atoms with Crippen molar-refractivity contribution in [3.05, 3.63) is 142 Å². The van der Waals surface area contributed by atoms with Crippen LogP contribution in [0, 0.1) is 47.2 Å². The van der Waals surface area contributed by atoms with Gasteiger partial charge in [0.15, 0.2) is 0 Å². The first-order valence-corrected chi connectivity index (χ1v) is 23.6. The van der Waals surface area contributed by atoms with Crippen molar-refractivity contribution in [2.45, 2.75) is 52.1 Å². The number of nitrogens with two attached hydrogens (primary N) is 1. The molecule has 0 aliphatic carbocycles. The van der Waals surface area contributed by atoms with Gasteiger partial charge in [-0.2, -0.15) is 0 Å². The Morgan fingerprint density at radius 1 is 0.729 bits per heavy atom. The molecule has 6 aromatic rings. The summed E-state index contributed by atoms with van der Waals surface area (Å²) in [6, 6.07) is 16.0. The fourth-order valence-corrected chi connectivity index (χ4v) is 8.88. The SMILES string of the molecule is CCc1ncnc(-c2ccc(C(=O)NC(Nc3ccc(C#Cc4c(CC)ncnc4-c4ccc(C(=O)N(C)CC5CCN(C)CC5)c(F)c4)cn3)C3CCN(C)C3)c(F)c2)c1C#Cc1ccc(N)nc1. The molecule has 2 atom stereocenters. The Labute approximate surface area is 407 Å². The van der Waals surface area contributed by atoms with E-state index in [0.29, 0.717) is 99.6 Å². The molecule has 8 rings (SSSR count). The molecule has 0 saturated carbocycles. The van der Waals surface area contributed by atoms with Crippen molar-refractivity contribution in [2.24, 2.45) is 11.8 Å². The summed E-state index contributed by atoms with van der Waals surface area (Å²) in [5.41, 5.74) is 11.2. The Hall–Kier alpha value is -7.66. The van der Waals surface area contributed by atoms with E-state index in [2.05, 4.69) is 81.1 Å². The number of hydrogen-bond donors (Lipinski definition) is 3. The number of nitrogen functional groups attached to an aromatic ring is 1.